The van der Waals surface area contributed by atoms with Gasteiger partial charge in [-0.05, 0) is 35.4 Å². The third-order valence-electron chi connectivity index (χ3n) is 7.07. The van der Waals surface area contributed by atoms with Gasteiger partial charge < -0.3 is 14.7 Å². The Morgan fingerprint density at radius 1 is 1.11 bits per heavy atom. The van der Waals surface area contributed by atoms with Crippen LogP contribution in [0.1, 0.15) is 44.2 Å². The van der Waals surface area contributed by atoms with E-state index in [1.807, 2.05) is 51.1 Å². The highest BCUT2D eigenvalue weighted by Gasteiger charge is 2.52. The number of likely N-dealkylation sites (tertiary alicyclic amines) is 1. The zero-order valence-corrected chi connectivity index (χ0v) is 20.5. The van der Waals surface area contributed by atoms with Crippen LogP contribution in [0.3, 0.4) is 0 Å². The average molecular weight is 501 g/mol. The predicted molar refractivity (Wildman–Crippen MR) is 127 cm³/mol. The lowest BCUT2D eigenvalue weighted by Gasteiger charge is -2.50. The summed E-state index contributed by atoms with van der Waals surface area (Å²) >= 11 is 0. The largest absolute Gasteiger partial charge is 0.465 e. The number of hydrogen-bond donors (Lipinski definition) is 1. The fourth-order valence-electron chi connectivity index (χ4n) is 5.61. The zero-order chi connectivity index (χ0) is 26.2. The summed E-state index contributed by atoms with van der Waals surface area (Å²) in [5.41, 5.74) is 0.276. The predicted octanol–water partition coefficient (Wildman–Crippen LogP) is 5.05. The minimum Gasteiger partial charge on any atom is -0.465 e. The number of carboxylic acid groups (broad SMARTS) is 1. The first-order chi connectivity index (χ1) is 17.0. The van der Waals surface area contributed by atoms with Crippen molar-refractivity contribution in [2.75, 3.05) is 13.2 Å². The van der Waals surface area contributed by atoms with Crippen molar-refractivity contribution >= 4 is 18.1 Å². The molecule has 0 radical (unpaired) electrons. The van der Waals surface area contributed by atoms with Crippen molar-refractivity contribution in [2.24, 2.45) is 11.3 Å². The van der Waals surface area contributed by atoms with Gasteiger partial charge in [0.25, 0.3) is 0 Å². The molecular formula is C27H30F2N2O5. The molecule has 2 saturated heterocycles. The minimum atomic E-state index is -1.18. The Morgan fingerprint density at radius 3 is 2.42 bits per heavy atom. The van der Waals surface area contributed by atoms with Crippen molar-refractivity contribution in [1.29, 1.82) is 0 Å². The number of amides is 3. The Labute approximate surface area is 208 Å². The molecular weight excluding hydrogens is 470 g/mol. The molecule has 0 bridgehead atoms. The van der Waals surface area contributed by atoms with Gasteiger partial charge in [0.05, 0.1) is 6.04 Å². The molecule has 2 fully saturated rings. The highest BCUT2D eigenvalue weighted by molar-refractivity contribution is 5.95. The Morgan fingerprint density at radius 2 is 1.81 bits per heavy atom. The van der Waals surface area contributed by atoms with Crippen molar-refractivity contribution in [3.05, 3.63) is 71.3 Å². The molecule has 2 aliphatic heterocycles. The number of hydrogen-bond acceptors (Lipinski definition) is 4. The van der Waals surface area contributed by atoms with Crippen LogP contribution in [0.2, 0.25) is 0 Å². The van der Waals surface area contributed by atoms with Crippen molar-refractivity contribution in [1.82, 2.24) is 9.80 Å². The highest BCUT2D eigenvalue weighted by Crippen LogP contribution is 2.46. The second kappa shape index (κ2) is 9.87. The molecule has 2 aliphatic rings. The van der Waals surface area contributed by atoms with E-state index in [2.05, 4.69) is 0 Å². The molecule has 2 aromatic carbocycles. The fourth-order valence-corrected chi connectivity index (χ4v) is 5.61. The van der Waals surface area contributed by atoms with Crippen LogP contribution in [0, 0.1) is 23.0 Å². The van der Waals surface area contributed by atoms with E-state index in [0.29, 0.717) is 6.42 Å². The topological polar surface area (TPSA) is 87.2 Å². The van der Waals surface area contributed by atoms with E-state index in [0.717, 1.165) is 22.6 Å². The number of cyclic esters (lactones) is 1. The number of nitrogens with zero attached hydrogens (tertiary/aromatic N) is 2. The summed E-state index contributed by atoms with van der Waals surface area (Å²) in [6.45, 7) is 5.52. The second-order valence-electron chi connectivity index (χ2n) is 10.5. The van der Waals surface area contributed by atoms with Crippen molar-refractivity contribution in [3.63, 3.8) is 0 Å². The van der Waals surface area contributed by atoms with Crippen LogP contribution < -0.4 is 0 Å². The van der Waals surface area contributed by atoms with Crippen molar-refractivity contribution in [3.8, 4) is 0 Å². The molecule has 7 nitrogen and oxygen atoms in total. The Bertz CT molecular complexity index is 1150. The van der Waals surface area contributed by atoms with Gasteiger partial charge in [-0.25, -0.2) is 23.3 Å². The zero-order valence-electron chi connectivity index (χ0n) is 20.5. The van der Waals surface area contributed by atoms with E-state index < -0.39 is 59.1 Å². The quantitative estimate of drug-likeness (QED) is 0.635. The Hall–Kier alpha value is -3.49. The van der Waals surface area contributed by atoms with Crippen LogP contribution in [0.25, 0.3) is 0 Å². The van der Waals surface area contributed by atoms with Crippen LogP contribution in [0.4, 0.5) is 18.4 Å². The molecule has 4 atom stereocenters. The molecule has 0 saturated carbocycles. The highest BCUT2D eigenvalue weighted by atomic mass is 19.1. The molecule has 3 amide bonds. The second-order valence-corrected chi connectivity index (χ2v) is 10.5. The van der Waals surface area contributed by atoms with Gasteiger partial charge in [0.2, 0.25) is 5.91 Å². The Balaban J connectivity index is 1.76. The number of carbonyl (C=O) groups excluding carboxylic acids is 2. The molecule has 9 heteroatoms. The van der Waals surface area contributed by atoms with Gasteiger partial charge in [-0.1, -0.05) is 57.2 Å². The number of piperidine rings is 1. The summed E-state index contributed by atoms with van der Waals surface area (Å²) in [7, 11) is 0. The number of rotatable bonds is 4. The lowest BCUT2D eigenvalue weighted by molar-refractivity contribution is -0.137. The number of ether oxygens (including phenoxy) is 1. The van der Waals surface area contributed by atoms with Crippen molar-refractivity contribution in [2.45, 2.75) is 51.6 Å². The molecule has 2 aromatic rings. The monoisotopic (exact) mass is 500 g/mol. The number of benzene rings is 2. The molecule has 4 rings (SSSR count). The maximum Gasteiger partial charge on any atom is 0.416 e. The first-order valence-corrected chi connectivity index (χ1v) is 12.0. The molecule has 0 aromatic heterocycles. The summed E-state index contributed by atoms with van der Waals surface area (Å²) in [4.78, 5) is 41.2. The Kier molecular flexibility index (Phi) is 7.02. The standard InChI is InChI=1S/C27H30F2N2O5/c1-27(2,3)23-22(19-10-9-17(28)14-21(19)29)20(11-12-30(23)25(33)34)24(32)31-18(15-36-26(31)35)13-16-7-5-4-6-8-16/h4-10,14,18,20,22-23H,11-13,15H2,1-3H3,(H,33,34)/t18-,20+,22-,23?/m0/s1. The summed E-state index contributed by atoms with van der Waals surface area (Å²) in [5, 5.41) is 9.94. The molecule has 0 aliphatic carbocycles. The third-order valence-corrected chi connectivity index (χ3v) is 7.07. The lowest BCUT2D eigenvalue weighted by Crippen LogP contribution is -2.59. The van der Waals surface area contributed by atoms with Crippen LogP contribution in [0.5, 0.6) is 0 Å². The summed E-state index contributed by atoms with van der Waals surface area (Å²) in [5.74, 6) is -4.01. The van der Waals surface area contributed by atoms with Crippen LogP contribution >= 0.6 is 0 Å². The van der Waals surface area contributed by atoms with Crippen LogP contribution in [-0.2, 0) is 16.0 Å². The molecule has 1 N–H and O–H groups in total. The third kappa shape index (κ3) is 4.92. The van der Waals surface area contributed by atoms with E-state index in [1.54, 1.807) is 0 Å². The van der Waals surface area contributed by atoms with Gasteiger partial charge in [0.15, 0.2) is 0 Å². The van der Waals surface area contributed by atoms with Crippen molar-refractivity contribution < 1.29 is 33.0 Å². The lowest BCUT2D eigenvalue weighted by atomic mass is 9.66. The molecule has 36 heavy (non-hydrogen) atoms. The van der Waals surface area contributed by atoms with Gasteiger partial charge in [-0.15, -0.1) is 0 Å². The summed E-state index contributed by atoms with van der Waals surface area (Å²) in [6, 6.07) is 11.1. The fraction of sp³-hybridized carbons (Fsp3) is 0.444. The summed E-state index contributed by atoms with van der Waals surface area (Å²) in [6.07, 6.45) is -1.48. The van der Waals surface area contributed by atoms with E-state index in [1.165, 1.54) is 11.0 Å². The normalized spacial score (nSPS) is 24.5. The van der Waals surface area contributed by atoms with Gasteiger partial charge in [0.1, 0.15) is 18.2 Å². The molecule has 1 unspecified atom stereocenters. The SMILES string of the molecule is CC(C)(C)C1[C@@H](c2ccc(F)cc2F)[C@H](C(=O)N2C(=O)OC[C@@H]2Cc2ccccc2)CCN1C(=O)O. The van der Waals surface area contributed by atoms with Crippen LogP contribution in [0.15, 0.2) is 48.5 Å². The first kappa shape index (κ1) is 25.6. The number of carbonyl (C=O) groups is 3. The average Bonchev–Trinajstić information content (AvgIpc) is 3.17. The summed E-state index contributed by atoms with van der Waals surface area (Å²) < 4.78 is 34.2. The van der Waals surface area contributed by atoms with E-state index in [9.17, 15) is 23.9 Å². The maximum absolute atomic E-state index is 15.2. The van der Waals surface area contributed by atoms with Gasteiger partial charge in [-0.2, -0.15) is 0 Å². The van der Waals surface area contributed by atoms with Gasteiger partial charge in [-0.3, -0.25) is 4.79 Å². The van der Waals surface area contributed by atoms with Gasteiger partial charge >= 0.3 is 12.2 Å². The number of halogens is 2. The molecule has 2 heterocycles. The maximum atomic E-state index is 15.2. The first-order valence-electron chi connectivity index (χ1n) is 12.0. The van der Waals surface area contributed by atoms with Crippen LogP contribution in [-0.4, -0.2) is 58.2 Å². The molecule has 192 valence electrons. The smallest absolute Gasteiger partial charge is 0.416 e. The molecule has 0 spiro atoms. The van der Waals surface area contributed by atoms with E-state index in [-0.39, 0.29) is 25.1 Å². The van der Waals surface area contributed by atoms with E-state index in [4.69, 9.17) is 4.74 Å². The van der Waals surface area contributed by atoms with E-state index >= 15 is 4.39 Å². The minimum absolute atomic E-state index is 0.0334. The van der Waals surface area contributed by atoms with Gasteiger partial charge in [0, 0.05) is 30.5 Å². The number of imide groups is 1.